The summed E-state index contributed by atoms with van der Waals surface area (Å²) in [6.07, 6.45) is 2.90. The van der Waals surface area contributed by atoms with Crippen LogP contribution in [0.3, 0.4) is 0 Å². The molecule has 1 fully saturated rings. The SMILES string of the molecule is CCCCOC(=O)N1CCC(COC)([S+]([O-])c2cccc(C)c2)CC1. The Morgan fingerprint density at radius 3 is 2.68 bits per heavy atom. The van der Waals surface area contributed by atoms with Crippen molar-refractivity contribution in [3.05, 3.63) is 29.8 Å². The highest BCUT2D eigenvalue weighted by molar-refractivity contribution is 7.92. The molecule has 140 valence electrons. The molecule has 1 heterocycles. The van der Waals surface area contributed by atoms with Crippen LogP contribution >= 0.6 is 0 Å². The van der Waals surface area contributed by atoms with Gasteiger partial charge in [0.15, 0.2) is 9.64 Å². The summed E-state index contributed by atoms with van der Waals surface area (Å²) < 4.78 is 23.5. The van der Waals surface area contributed by atoms with Gasteiger partial charge in [0.2, 0.25) is 0 Å². The van der Waals surface area contributed by atoms with E-state index >= 15 is 0 Å². The first kappa shape index (κ1) is 20.1. The summed E-state index contributed by atoms with van der Waals surface area (Å²) in [6.45, 7) is 6.04. The van der Waals surface area contributed by atoms with E-state index in [4.69, 9.17) is 9.47 Å². The molecular formula is C19H29NO4S. The number of amides is 1. The number of hydrogen-bond acceptors (Lipinski definition) is 4. The first-order valence-corrected chi connectivity index (χ1v) is 10.1. The Morgan fingerprint density at radius 2 is 2.08 bits per heavy atom. The van der Waals surface area contributed by atoms with Crippen LogP contribution in [-0.4, -0.2) is 53.7 Å². The molecule has 1 aliphatic heterocycles. The third kappa shape index (κ3) is 5.12. The molecule has 1 aliphatic rings. The summed E-state index contributed by atoms with van der Waals surface area (Å²) in [4.78, 5) is 14.7. The second-order valence-corrected chi connectivity index (χ2v) is 8.53. The van der Waals surface area contributed by atoms with Gasteiger partial charge in [0.25, 0.3) is 0 Å². The molecule has 0 aromatic heterocycles. The van der Waals surface area contributed by atoms with Gasteiger partial charge in [-0.2, -0.15) is 0 Å². The minimum absolute atomic E-state index is 0.263. The van der Waals surface area contributed by atoms with Crippen molar-refractivity contribution in [2.75, 3.05) is 33.4 Å². The highest BCUT2D eigenvalue weighted by atomic mass is 32.2. The zero-order valence-corrected chi connectivity index (χ0v) is 16.3. The Balaban J connectivity index is 2.03. The van der Waals surface area contributed by atoms with Crippen LogP contribution in [0.2, 0.25) is 0 Å². The van der Waals surface area contributed by atoms with Crippen molar-refractivity contribution in [2.45, 2.75) is 49.2 Å². The highest BCUT2D eigenvalue weighted by Crippen LogP contribution is 2.36. The molecule has 1 atom stereocenters. The Morgan fingerprint density at radius 1 is 1.36 bits per heavy atom. The lowest BCUT2D eigenvalue weighted by molar-refractivity contribution is 0.0758. The van der Waals surface area contributed by atoms with E-state index < -0.39 is 15.9 Å². The number of nitrogens with zero attached hydrogens (tertiary/aromatic N) is 1. The molecule has 1 aromatic carbocycles. The maximum atomic E-state index is 13.2. The van der Waals surface area contributed by atoms with Crippen molar-refractivity contribution < 1.29 is 18.8 Å². The maximum absolute atomic E-state index is 13.2. The van der Waals surface area contributed by atoms with Gasteiger partial charge in [-0.05, 0) is 42.2 Å². The van der Waals surface area contributed by atoms with Crippen molar-refractivity contribution in [3.8, 4) is 0 Å². The first-order chi connectivity index (χ1) is 12.0. The number of ether oxygens (including phenoxy) is 2. The van der Waals surface area contributed by atoms with Gasteiger partial charge >= 0.3 is 6.09 Å². The normalized spacial score (nSPS) is 18.0. The Hall–Kier alpha value is -1.24. The fourth-order valence-corrected chi connectivity index (χ4v) is 4.89. The molecule has 1 unspecified atom stereocenters. The van der Waals surface area contributed by atoms with Gasteiger partial charge in [-0.25, -0.2) is 4.79 Å². The minimum Gasteiger partial charge on any atom is -0.611 e. The molecule has 5 nitrogen and oxygen atoms in total. The molecule has 1 amide bonds. The lowest BCUT2D eigenvalue weighted by Crippen LogP contribution is -2.53. The zero-order chi connectivity index (χ0) is 18.3. The summed E-state index contributed by atoms with van der Waals surface area (Å²) in [5.74, 6) is 0. The van der Waals surface area contributed by atoms with Crippen molar-refractivity contribution in [3.63, 3.8) is 0 Å². The number of benzene rings is 1. The van der Waals surface area contributed by atoms with Crippen molar-refractivity contribution in [2.24, 2.45) is 0 Å². The van der Waals surface area contributed by atoms with Gasteiger partial charge in [0.1, 0.15) is 0 Å². The van der Waals surface area contributed by atoms with E-state index in [0.29, 0.717) is 39.1 Å². The summed E-state index contributed by atoms with van der Waals surface area (Å²) in [6, 6.07) is 7.81. The molecular weight excluding hydrogens is 338 g/mol. The molecule has 0 aliphatic carbocycles. The van der Waals surface area contributed by atoms with Crippen molar-refractivity contribution in [1.29, 1.82) is 0 Å². The van der Waals surface area contributed by atoms with E-state index in [2.05, 4.69) is 6.92 Å². The van der Waals surface area contributed by atoms with Crippen LogP contribution in [0.25, 0.3) is 0 Å². The second kappa shape index (κ2) is 9.46. The van der Waals surface area contributed by atoms with E-state index in [1.807, 2.05) is 31.2 Å². The quantitative estimate of drug-likeness (QED) is 0.546. The van der Waals surface area contributed by atoms with Crippen molar-refractivity contribution >= 4 is 17.3 Å². The Labute approximate surface area is 153 Å². The lowest BCUT2D eigenvalue weighted by Gasteiger charge is -2.41. The van der Waals surface area contributed by atoms with E-state index in [-0.39, 0.29) is 6.09 Å². The molecule has 0 N–H and O–H groups in total. The average Bonchev–Trinajstić information content (AvgIpc) is 2.62. The first-order valence-electron chi connectivity index (χ1n) is 8.91. The third-order valence-corrected chi connectivity index (χ3v) is 6.66. The van der Waals surface area contributed by atoms with Crippen LogP contribution in [0.1, 0.15) is 38.2 Å². The van der Waals surface area contributed by atoms with Crippen LogP contribution in [0.15, 0.2) is 29.2 Å². The molecule has 0 radical (unpaired) electrons. The molecule has 1 aromatic rings. The van der Waals surface area contributed by atoms with Crippen LogP contribution in [0.5, 0.6) is 0 Å². The molecule has 0 bridgehead atoms. The number of unbranched alkanes of at least 4 members (excludes halogenated alkanes) is 1. The van der Waals surface area contributed by atoms with Crippen LogP contribution in [0.4, 0.5) is 4.79 Å². The summed E-state index contributed by atoms with van der Waals surface area (Å²) in [5.41, 5.74) is 1.09. The van der Waals surface area contributed by atoms with Crippen LogP contribution in [-0.2, 0) is 20.6 Å². The average molecular weight is 368 g/mol. The van der Waals surface area contributed by atoms with Gasteiger partial charge in [-0.1, -0.05) is 25.5 Å². The number of rotatable bonds is 7. The third-order valence-electron chi connectivity index (χ3n) is 4.66. The molecule has 25 heavy (non-hydrogen) atoms. The summed E-state index contributed by atoms with van der Waals surface area (Å²) in [5, 5.41) is 0. The topological polar surface area (TPSA) is 61.8 Å². The lowest BCUT2D eigenvalue weighted by atomic mass is 9.97. The number of carbonyl (C=O) groups is 1. The molecule has 6 heteroatoms. The number of piperidine rings is 1. The Bertz CT molecular complexity index is 558. The van der Waals surface area contributed by atoms with E-state index in [0.717, 1.165) is 23.3 Å². The van der Waals surface area contributed by atoms with Crippen molar-refractivity contribution in [1.82, 2.24) is 4.90 Å². The van der Waals surface area contributed by atoms with Gasteiger partial charge in [0, 0.05) is 33.0 Å². The molecule has 0 saturated carbocycles. The fraction of sp³-hybridized carbons (Fsp3) is 0.632. The maximum Gasteiger partial charge on any atom is 0.409 e. The van der Waals surface area contributed by atoms with E-state index in [1.165, 1.54) is 0 Å². The second-order valence-electron chi connectivity index (χ2n) is 6.66. The monoisotopic (exact) mass is 367 g/mol. The Kier molecular flexibility index (Phi) is 7.59. The predicted molar refractivity (Wildman–Crippen MR) is 99.3 cm³/mol. The number of hydrogen-bond donors (Lipinski definition) is 0. The molecule has 2 rings (SSSR count). The standard InChI is InChI=1S/C19H29NO4S/c1-4-5-13-24-18(21)20-11-9-19(10-12-20,15-23-3)25(22)17-8-6-7-16(2)14-17/h6-8,14H,4-5,9-13,15H2,1-3H3. The number of aryl methyl sites for hydroxylation is 1. The smallest absolute Gasteiger partial charge is 0.409 e. The predicted octanol–water partition coefficient (Wildman–Crippen LogP) is 3.52. The van der Waals surface area contributed by atoms with Gasteiger partial charge < -0.3 is 18.9 Å². The molecule has 0 spiro atoms. The van der Waals surface area contributed by atoms with Crippen LogP contribution < -0.4 is 0 Å². The fourth-order valence-electron chi connectivity index (χ4n) is 3.12. The van der Waals surface area contributed by atoms with E-state index in [1.54, 1.807) is 12.0 Å². The number of methoxy groups -OCH3 is 1. The minimum atomic E-state index is -1.18. The molecule has 1 saturated heterocycles. The summed E-state index contributed by atoms with van der Waals surface area (Å²) >= 11 is -1.18. The zero-order valence-electron chi connectivity index (χ0n) is 15.5. The number of likely N-dealkylation sites (tertiary alicyclic amines) is 1. The highest BCUT2D eigenvalue weighted by Gasteiger charge is 2.47. The van der Waals surface area contributed by atoms with E-state index in [9.17, 15) is 9.35 Å². The summed E-state index contributed by atoms with van der Waals surface area (Å²) in [7, 11) is 1.64. The van der Waals surface area contributed by atoms with Gasteiger partial charge in [-0.15, -0.1) is 0 Å². The van der Waals surface area contributed by atoms with Gasteiger partial charge in [0.05, 0.1) is 13.2 Å². The largest absolute Gasteiger partial charge is 0.611 e. The van der Waals surface area contributed by atoms with Gasteiger partial charge in [-0.3, -0.25) is 0 Å². The van der Waals surface area contributed by atoms with Crippen LogP contribution in [0, 0.1) is 6.92 Å². The number of carbonyl (C=O) groups excluding carboxylic acids is 1.